The van der Waals surface area contributed by atoms with Gasteiger partial charge in [-0.25, -0.2) is 0 Å². The number of rotatable bonds is 1. The van der Waals surface area contributed by atoms with Crippen molar-refractivity contribution in [3.63, 3.8) is 0 Å². The summed E-state index contributed by atoms with van der Waals surface area (Å²) < 4.78 is 21.1. The molecule has 0 fully saturated rings. The summed E-state index contributed by atoms with van der Waals surface area (Å²) in [6.45, 7) is 0. The van der Waals surface area contributed by atoms with Gasteiger partial charge in [-0.3, -0.25) is 0 Å². The molecule has 0 heterocycles. The second-order valence-electron chi connectivity index (χ2n) is 1.59. The molecule has 0 bridgehead atoms. The fourth-order valence-corrected chi connectivity index (χ4v) is 1.42. The van der Waals surface area contributed by atoms with Gasteiger partial charge in [0.25, 0.3) is 0 Å². The molecule has 0 amide bonds. The first kappa shape index (κ1) is 15.2. The van der Waals surface area contributed by atoms with Gasteiger partial charge < -0.3 is 0 Å². The average Bonchev–Trinajstić information content (AvgIpc) is 1.90. The normalized spacial score (nSPS) is 8.27. The van der Waals surface area contributed by atoms with Crippen molar-refractivity contribution < 1.29 is 67.3 Å². The van der Waals surface area contributed by atoms with E-state index in [-0.39, 0.29) is 59.1 Å². The second kappa shape index (κ2) is 8.30. The van der Waals surface area contributed by atoms with Crippen molar-refractivity contribution in [1.29, 1.82) is 0 Å². The molecule has 0 aliphatic heterocycles. The van der Waals surface area contributed by atoms with E-state index in [1.54, 1.807) is 30.3 Å². The quantitative estimate of drug-likeness (QED) is 0.450. The number of benzene rings is 1. The Balaban J connectivity index is 0. The summed E-state index contributed by atoms with van der Waals surface area (Å²) in [6, 6.07) is 8.42. The third kappa shape index (κ3) is 5.86. The third-order valence-electron chi connectivity index (χ3n) is 0.967. The molecule has 1 rings (SSSR count). The molecule has 0 aliphatic carbocycles. The van der Waals surface area contributed by atoms with Gasteiger partial charge in [0.05, 0.1) is 0 Å². The molecule has 1 aromatic carbocycles. The van der Waals surface area contributed by atoms with Crippen LogP contribution in [-0.4, -0.2) is 15.3 Å². The topological polar surface area (TPSA) is 46.1 Å². The van der Waals surface area contributed by atoms with Gasteiger partial charge in [-0.05, 0) is 0 Å². The summed E-state index contributed by atoms with van der Waals surface area (Å²) in [5.41, 5.74) is 0. The predicted molar refractivity (Wildman–Crippen MR) is 31.8 cm³/mol. The van der Waals surface area contributed by atoms with Crippen LogP contribution in [0.4, 0.5) is 0 Å². The molecule has 1 aromatic rings. The van der Waals surface area contributed by atoms with Crippen molar-refractivity contribution in [2.75, 3.05) is 0 Å². The predicted octanol–water partition coefficient (Wildman–Crippen LogP) is -7.89. The van der Waals surface area contributed by atoms with Gasteiger partial charge in [0.2, 0.25) is 0 Å². The fraction of sp³-hybridized carbons (Fsp3) is 0. The van der Waals surface area contributed by atoms with Crippen LogP contribution in [0, 0.1) is 0 Å². The van der Waals surface area contributed by atoms with Gasteiger partial charge >= 0.3 is 117 Å². The van der Waals surface area contributed by atoms with Crippen LogP contribution in [0.3, 0.4) is 0 Å². The Morgan fingerprint density at radius 3 is 1.64 bits per heavy atom. The minimum absolute atomic E-state index is 0. The van der Waals surface area contributed by atoms with Crippen LogP contribution in [0.1, 0.15) is 0 Å². The zero-order valence-corrected chi connectivity index (χ0v) is 12.5. The molecule has 0 N–H and O–H groups in total. The van der Waals surface area contributed by atoms with E-state index in [1.165, 1.54) is 0 Å². The molecule has 2 nitrogen and oxygen atoms in total. The van der Waals surface area contributed by atoms with Gasteiger partial charge in [-0.2, -0.15) is 0 Å². The summed E-state index contributed by atoms with van der Waals surface area (Å²) >= 11 is -3.09. The number of hydrogen-bond donors (Lipinski definition) is 0. The molecule has 0 unspecified atom stereocenters. The molecule has 11 heavy (non-hydrogen) atoms. The van der Waals surface area contributed by atoms with Crippen LogP contribution in [-0.2, 0) is 0 Å². The van der Waals surface area contributed by atoms with Crippen LogP contribution in [0.25, 0.3) is 0 Å². The van der Waals surface area contributed by atoms with Crippen LogP contribution < -0.4 is 71.7 Å². The molecule has 0 aliphatic rings. The molecular formula is C6H5AsNa2O2. The summed E-state index contributed by atoms with van der Waals surface area (Å²) in [7, 11) is 0. The van der Waals surface area contributed by atoms with E-state index >= 15 is 0 Å². The molecule has 0 aromatic heterocycles. The van der Waals surface area contributed by atoms with Crippen LogP contribution in [0.2, 0.25) is 0 Å². The molecule has 0 spiro atoms. The van der Waals surface area contributed by atoms with Crippen molar-refractivity contribution >= 4 is 19.7 Å². The van der Waals surface area contributed by atoms with Crippen molar-refractivity contribution in [1.82, 2.24) is 0 Å². The van der Waals surface area contributed by atoms with E-state index in [0.717, 1.165) is 0 Å². The van der Waals surface area contributed by atoms with Crippen LogP contribution >= 0.6 is 0 Å². The van der Waals surface area contributed by atoms with Crippen molar-refractivity contribution in [3.05, 3.63) is 30.3 Å². The maximum absolute atomic E-state index is 10.3. The van der Waals surface area contributed by atoms with Gasteiger partial charge in [0, 0.05) is 0 Å². The standard InChI is InChI=1S/C6H5AsO2.2Na/c8-7(9)6-4-2-1-3-5-6;;/h1-5H;;/q-2;2*+1. The first-order valence-electron chi connectivity index (χ1n) is 2.50. The van der Waals surface area contributed by atoms with E-state index in [4.69, 9.17) is 0 Å². The molecule has 5 heteroatoms. The molecule has 48 valence electrons. The second-order valence-corrected chi connectivity index (χ2v) is 3.75. The summed E-state index contributed by atoms with van der Waals surface area (Å²) in [6.07, 6.45) is 0. The van der Waals surface area contributed by atoms with Gasteiger partial charge in [-0.15, -0.1) is 0 Å². The Labute approximate surface area is 116 Å². The zero-order chi connectivity index (χ0) is 6.69. The van der Waals surface area contributed by atoms with Crippen LogP contribution in [0.15, 0.2) is 30.3 Å². The van der Waals surface area contributed by atoms with E-state index in [0.29, 0.717) is 4.35 Å². The Bertz CT molecular complexity index is 181. The SMILES string of the molecule is [Na+].[Na+].[O-][As]([O-])c1ccccc1. The summed E-state index contributed by atoms with van der Waals surface area (Å²) in [4.78, 5) is 0. The summed E-state index contributed by atoms with van der Waals surface area (Å²) in [5, 5.41) is 0. The minimum atomic E-state index is -3.09. The Morgan fingerprint density at radius 1 is 0.909 bits per heavy atom. The van der Waals surface area contributed by atoms with E-state index < -0.39 is 15.3 Å². The van der Waals surface area contributed by atoms with E-state index in [9.17, 15) is 8.19 Å². The molecule has 0 radical (unpaired) electrons. The van der Waals surface area contributed by atoms with Crippen molar-refractivity contribution in [3.8, 4) is 0 Å². The van der Waals surface area contributed by atoms with E-state index in [1.807, 2.05) is 0 Å². The average molecular weight is 230 g/mol. The van der Waals surface area contributed by atoms with Crippen molar-refractivity contribution in [2.45, 2.75) is 0 Å². The Kier molecular flexibility index (Phi) is 11.5. The van der Waals surface area contributed by atoms with Gasteiger partial charge in [-0.1, -0.05) is 0 Å². The van der Waals surface area contributed by atoms with Crippen molar-refractivity contribution in [2.24, 2.45) is 0 Å². The van der Waals surface area contributed by atoms with E-state index in [2.05, 4.69) is 0 Å². The molecule has 0 saturated heterocycles. The number of hydrogen-bond acceptors (Lipinski definition) is 2. The third-order valence-corrected chi connectivity index (χ3v) is 2.48. The first-order valence-corrected chi connectivity index (χ1v) is 4.97. The first-order chi connectivity index (χ1) is 4.30. The fourth-order valence-electron chi connectivity index (χ4n) is 0.550. The maximum atomic E-state index is 10.3. The monoisotopic (exact) mass is 230 g/mol. The van der Waals surface area contributed by atoms with Crippen LogP contribution in [0.5, 0.6) is 0 Å². The molecular weight excluding hydrogens is 225 g/mol. The molecule has 0 saturated carbocycles. The zero-order valence-electron chi connectivity index (χ0n) is 6.65. The van der Waals surface area contributed by atoms with Gasteiger partial charge in [0.1, 0.15) is 0 Å². The van der Waals surface area contributed by atoms with Gasteiger partial charge in [0.15, 0.2) is 0 Å². The summed E-state index contributed by atoms with van der Waals surface area (Å²) in [5.74, 6) is 0. The Morgan fingerprint density at radius 2 is 1.36 bits per heavy atom. The molecule has 0 atom stereocenters. The Hall–Kier alpha value is 1.70.